The van der Waals surface area contributed by atoms with Gasteiger partial charge in [-0.3, -0.25) is 38.3 Å². The van der Waals surface area contributed by atoms with E-state index in [2.05, 4.69) is 25.5 Å². The summed E-state index contributed by atoms with van der Waals surface area (Å²) in [5.41, 5.74) is 6.96. The van der Waals surface area contributed by atoms with Gasteiger partial charge in [0.05, 0.1) is 46.1 Å². The van der Waals surface area contributed by atoms with E-state index in [1.54, 1.807) is 29.0 Å². The number of nitrogens with zero attached hydrogens (tertiary/aromatic N) is 8. The second-order valence-electron chi connectivity index (χ2n) is 21.8. The summed E-state index contributed by atoms with van der Waals surface area (Å²) in [4.78, 5) is 106. The second kappa shape index (κ2) is 21.6. The molecule has 0 bridgehead atoms. The van der Waals surface area contributed by atoms with Gasteiger partial charge in [-0.05, 0) is 92.5 Å². The molecule has 0 unspecified atom stereocenters. The van der Waals surface area contributed by atoms with E-state index in [1.807, 2.05) is 80.7 Å². The number of benzene rings is 1. The maximum atomic E-state index is 14.2. The molecule has 17 nitrogen and oxygen atoms in total. The van der Waals surface area contributed by atoms with Crippen molar-refractivity contribution in [1.29, 1.82) is 0 Å². The number of Topliss-reactive ketones (excluding diaryl/α,β-unsaturated/α-hetero) is 1. The summed E-state index contributed by atoms with van der Waals surface area (Å²) < 4.78 is 1.73. The molecule has 4 aliphatic rings. The van der Waals surface area contributed by atoms with E-state index < -0.39 is 29.5 Å². The number of thiazole rings is 1. The van der Waals surface area contributed by atoms with E-state index in [4.69, 9.17) is 9.97 Å². The molecule has 5 aromatic rings. The number of ketones is 1. The predicted molar refractivity (Wildman–Crippen MR) is 279 cm³/mol. The molecule has 9 rings (SSSR count). The zero-order valence-electron chi connectivity index (χ0n) is 42.9. The first-order valence-corrected chi connectivity index (χ1v) is 26.7. The fourth-order valence-electron chi connectivity index (χ4n) is 11.3. The number of aliphatic hydroxyl groups excluding tert-OH is 1. The van der Waals surface area contributed by atoms with E-state index in [9.17, 15) is 33.9 Å². The van der Waals surface area contributed by atoms with E-state index >= 15 is 0 Å². The Bertz CT molecular complexity index is 2930. The number of rotatable bonds is 15. The van der Waals surface area contributed by atoms with Gasteiger partial charge in [-0.15, -0.1) is 11.3 Å². The minimum absolute atomic E-state index is 0.00344. The quantitative estimate of drug-likeness (QED) is 0.102. The highest BCUT2D eigenvalue weighted by Gasteiger charge is 2.45. The summed E-state index contributed by atoms with van der Waals surface area (Å²) >= 11 is 1.58. The van der Waals surface area contributed by atoms with Crippen molar-refractivity contribution in [1.82, 2.24) is 44.9 Å². The lowest BCUT2D eigenvalue weighted by Gasteiger charge is -2.39. The smallest absolute Gasteiger partial charge is 0.263 e. The number of β-amino-alcohol motifs (C(OH)–C–C–N with tert-alkyl or cyclic N) is 1. The number of aryl methyl sites for hydroxylation is 2. The Morgan fingerprint density at radius 2 is 1.59 bits per heavy atom. The SMILES string of the molecule is CC(=O)c1c(C)c2cnc(Cc3ccc(N4CCN(C(=O)CC5CC(CC(=O)N[C@H](C(=O)N6C[C@H](O)C[C@H]6C(=O)NCc6ccc(-c7scnc7C)cc6)C(C)(C)C)C5)CC4)cn3)nc2n(C2CCCC2)c1=O. The molecule has 0 spiro atoms. The number of aliphatic hydroxyl groups is 1. The number of amides is 4. The predicted octanol–water partition coefficient (Wildman–Crippen LogP) is 6.10. The van der Waals surface area contributed by atoms with Crippen LogP contribution in [0.25, 0.3) is 21.5 Å². The third-order valence-electron chi connectivity index (χ3n) is 15.4. The Balaban J connectivity index is 0.718. The van der Waals surface area contributed by atoms with Crippen LogP contribution in [0.2, 0.25) is 0 Å². The lowest BCUT2D eigenvalue weighted by atomic mass is 9.71. The van der Waals surface area contributed by atoms with Crippen molar-refractivity contribution in [2.24, 2.45) is 17.3 Å². The van der Waals surface area contributed by atoms with Gasteiger partial charge in [-0.2, -0.15) is 0 Å². The van der Waals surface area contributed by atoms with E-state index in [0.717, 1.165) is 77.0 Å². The summed E-state index contributed by atoms with van der Waals surface area (Å²) in [7, 11) is 0. The molecular weight excluding hydrogens is 945 g/mol. The van der Waals surface area contributed by atoms with E-state index in [0.29, 0.717) is 56.1 Å². The van der Waals surface area contributed by atoms with Crippen molar-refractivity contribution in [2.45, 2.75) is 137 Å². The lowest BCUT2D eigenvalue weighted by Crippen LogP contribution is -2.58. The number of hydrogen-bond donors (Lipinski definition) is 3. The van der Waals surface area contributed by atoms with Crippen molar-refractivity contribution in [2.75, 3.05) is 37.6 Å². The number of piperazine rings is 1. The summed E-state index contributed by atoms with van der Waals surface area (Å²) in [5.74, 6) is -0.275. The monoisotopic (exact) mass is 1010 g/mol. The van der Waals surface area contributed by atoms with Crippen LogP contribution in [-0.4, -0.2) is 120 Å². The van der Waals surface area contributed by atoms with Crippen LogP contribution in [0.1, 0.15) is 130 Å². The van der Waals surface area contributed by atoms with Gasteiger partial charge in [-0.1, -0.05) is 57.9 Å². The largest absolute Gasteiger partial charge is 0.391 e. The molecule has 2 saturated heterocycles. The van der Waals surface area contributed by atoms with Gasteiger partial charge in [0.15, 0.2) is 5.78 Å². The molecule has 0 radical (unpaired) electrons. The van der Waals surface area contributed by atoms with Gasteiger partial charge in [-0.25, -0.2) is 15.0 Å². The van der Waals surface area contributed by atoms with Crippen LogP contribution in [0, 0.1) is 31.1 Å². The first-order valence-electron chi connectivity index (χ1n) is 25.9. The summed E-state index contributed by atoms with van der Waals surface area (Å²) in [6.07, 6.45) is 9.21. The topological polar surface area (TPSA) is 213 Å². The van der Waals surface area contributed by atoms with Crippen LogP contribution in [0.15, 0.2) is 59.1 Å². The molecule has 73 heavy (non-hydrogen) atoms. The second-order valence-corrected chi connectivity index (χ2v) is 22.7. The van der Waals surface area contributed by atoms with E-state index in [-0.39, 0.29) is 78.4 Å². The Morgan fingerprint density at radius 3 is 2.23 bits per heavy atom. The summed E-state index contributed by atoms with van der Waals surface area (Å²) in [5, 5.41) is 17.3. The molecule has 386 valence electrons. The highest BCUT2D eigenvalue weighted by atomic mass is 32.1. The maximum Gasteiger partial charge on any atom is 0.263 e. The van der Waals surface area contributed by atoms with Crippen LogP contribution >= 0.6 is 11.3 Å². The first kappa shape index (κ1) is 51.5. The fraction of sp³-hybridized carbons (Fsp3) is 0.527. The number of pyridine rings is 2. The number of hydrogen-bond acceptors (Lipinski definition) is 13. The zero-order valence-corrected chi connectivity index (χ0v) is 43.7. The van der Waals surface area contributed by atoms with Gasteiger partial charge in [0.1, 0.15) is 23.6 Å². The maximum absolute atomic E-state index is 14.2. The third-order valence-corrected chi connectivity index (χ3v) is 16.4. The average molecular weight is 1010 g/mol. The Morgan fingerprint density at radius 1 is 0.877 bits per heavy atom. The Labute approximate surface area is 430 Å². The Kier molecular flexibility index (Phi) is 15.2. The van der Waals surface area contributed by atoms with Gasteiger partial charge in [0, 0.05) is 81.8 Å². The van der Waals surface area contributed by atoms with Crippen LogP contribution < -0.4 is 21.1 Å². The number of likely N-dealkylation sites (tertiary alicyclic amines) is 1. The molecule has 3 atom stereocenters. The summed E-state index contributed by atoms with van der Waals surface area (Å²) in [6.45, 7) is 13.6. The number of nitrogens with one attached hydrogen (secondary N) is 2. The van der Waals surface area contributed by atoms with Crippen molar-refractivity contribution < 1.29 is 29.1 Å². The molecular formula is C55H68N10O7S. The van der Waals surface area contributed by atoms with Crippen molar-refractivity contribution in [3.8, 4) is 10.4 Å². The fourth-order valence-corrected chi connectivity index (χ4v) is 12.1. The number of anilines is 1. The standard InChI is InChI=1S/C55H68N10O7S/c1-32-43-29-57-45(60-51(43)65(40-9-7-8-10-40)53(71)48(32)34(3)66)25-39-15-16-41(28-56-39)62-17-19-63(20-18-62)47(69)24-37-21-36(22-37)23-46(68)61-50(55(4,5)6)54(72)64-30-42(67)26-44(64)52(70)58-27-35-11-13-38(14-12-35)49-33(2)59-31-73-49/h11-16,28-29,31,36-37,40,42,44,50,67H,7-10,17-27,30H2,1-6H3,(H,58,70)(H,61,68)/t36?,37?,42-,44+,50-/m1/s1. The van der Waals surface area contributed by atoms with Crippen LogP contribution in [0.5, 0.6) is 0 Å². The lowest BCUT2D eigenvalue weighted by molar-refractivity contribution is -0.144. The molecule has 3 N–H and O–H groups in total. The summed E-state index contributed by atoms with van der Waals surface area (Å²) in [6, 6.07) is 10.1. The van der Waals surface area contributed by atoms with Gasteiger partial charge >= 0.3 is 0 Å². The zero-order chi connectivity index (χ0) is 51.7. The molecule has 1 aromatic carbocycles. The van der Waals surface area contributed by atoms with Crippen molar-refractivity contribution in [3.05, 3.63) is 98.6 Å². The van der Waals surface area contributed by atoms with Crippen LogP contribution in [-0.2, 0) is 32.1 Å². The number of aromatic nitrogens is 5. The first-order chi connectivity index (χ1) is 34.9. The Hall–Kier alpha value is -6.40. The molecule has 18 heteroatoms. The molecule has 6 heterocycles. The van der Waals surface area contributed by atoms with Gasteiger partial charge < -0.3 is 30.4 Å². The molecule has 2 aliphatic carbocycles. The molecule has 4 aromatic heterocycles. The molecule has 2 saturated carbocycles. The van der Waals surface area contributed by atoms with Crippen molar-refractivity contribution in [3.63, 3.8) is 0 Å². The van der Waals surface area contributed by atoms with Gasteiger partial charge in [0.2, 0.25) is 23.6 Å². The third kappa shape index (κ3) is 11.4. The highest BCUT2D eigenvalue weighted by molar-refractivity contribution is 7.13. The van der Waals surface area contributed by atoms with Crippen LogP contribution in [0.4, 0.5) is 5.69 Å². The molecule has 4 fully saturated rings. The molecule has 4 amide bonds. The minimum atomic E-state index is -0.906. The highest BCUT2D eigenvalue weighted by Crippen LogP contribution is 2.39. The van der Waals surface area contributed by atoms with E-state index in [1.165, 1.54) is 11.8 Å². The molecule has 2 aliphatic heterocycles. The normalized spacial score (nSPS) is 20.8. The number of fused-ring (bicyclic) bond motifs is 1. The number of carbonyl (C=O) groups is 5. The minimum Gasteiger partial charge on any atom is -0.391 e. The van der Waals surface area contributed by atoms with Gasteiger partial charge in [0.25, 0.3) is 5.56 Å². The van der Waals surface area contributed by atoms with Crippen LogP contribution in [0.3, 0.4) is 0 Å². The number of carbonyl (C=O) groups excluding carboxylic acids is 5. The van der Waals surface area contributed by atoms with Crippen molar-refractivity contribution >= 4 is 57.5 Å². The average Bonchev–Trinajstić information content (AvgIpc) is 4.14.